The molecule has 4 heteroatoms. The molecule has 0 amide bonds. The Balaban J connectivity index is 2.04. The number of nitrogens with zero attached hydrogens (tertiary/aromatic N) is 2. The number of piperazine rings is 1. The zero-order valence-corrected chi connectivity index (χ0v) is 13.2. The van der Waals surface area contributed by atoms with Crippen LogP contribution in [0, 0.1) is 0 Å². The number of likely N-dealkylation sites (N-methyl/N-ethyl adjacent to an activating group) is 1. The standard InChI is InChI=1S/C17H26N2O2/c1-13(2)15-6-4-14(5-7-15)12-16(17(20)21)19-10-8-18(3)9-11-19/h4-7,13,16H,8-12H2,1-3H3,(H,20,21)/t16-/m0/s1. The van der Waals surface area contributed by atoms with Crippen LogP contribution < -0.4 is 0 Å². The summed E-state index contributed by atoms with van der Waals surface area (Å²) in [6.45, 7) is 7.87. The van der Waals surface area contributed by atoms with Gasteiger partial charge in [-0.2, -0.15) is 0 Å². The van der Waals surface area contributed by atoms with Crippen LogP contribution in [-0.4, -0.2) is 60.1 Å². The van der Waals surface area contributed by atoms with Crippen LogP contribution in [0.2, 0.25) is 0 Å². The molecule has 1 aromatic carbocycles. The quantitative estimate of drug-likeness (QED) is 0.901. The maximum absolute atomic E-state index is 11.6. The average molecular weight is 290 g/mol. The summed E-state index contributed by atoms with van der Waals surface area (Å²) in [6.07, 6.45) is 0.581. The maximum Gasteiger partial charge on any atom is 0.321 e. The van der Waals surface area contributed by atoms with Crippen LogP contribution in [0.5, 0.6) is 0 Å². The van der Waals surface area contributed by atoms with E-state index in [1.807, 2.05) is 0 Å². The number of benzene rings is 1. The van der Waals surface area contributed by atoms with Gasteiger partial charge in [-0.25, -0.2) is 0 Å². The minimum absolute atomic E-state index is 0.413. The number of hydrogen-bond donors (Lipinski definition) is 1. The summed E-state index contributed by atoms with van der Waals surface area (Å²) >= 11 is 0. The van der Waals surface area contributed by atoms with Gasteiger partial charge in [-0.3, -0.25) is 9.69 Å². The highest BCUT2D eigenvalue weighted by atomic mass is 16.4. The molecule has 0 unspecified atom stereocenters. The van der Waals surface area contributed by atoms with Crippen molar-refractivity contribution in [1.82, 2.24) is 9.80 Å². The molecule has 0 aliphatic carbocycles. The molecule has 116 valence electrons. The van der Waals surface area contributed by atoms with Gasteiger partial charge in [0.2, 0.25) is 0 Å². The van der Waals surface area contributed by atoms with E-state index >= 15 is 0 Å². The first-order valence-corrected chi connectivity index (χ1v) is 7.71. The summed E-state index contributed by atoms with van der Waals surface area (Å²) < 4.78 is 0. The fourth-order valence-electron chi connectivity index (χ4n) is 2.77. The van der Waals surface area contributed by atoms with E-state index < -0.39 is 12.0 Å². The monoisotopic (exact) mass is 290 g/mol. The second-order valence-electron chi connectivity index (χ2n) is 6.29. The summed E-state index contributed by atoms with van der Waals surface area (Å²) in [4.78, 5) is 15.9. The Hall–Kier alpha value is -1.39. The maximum atomic E-state index is 11.6. The Bertz CT molecular complexity index is 462. The zero-order valence-electron chi connectivity index (χ0n) is 13.2. The van der Waals surface area contributed by atoms with Gasteiger partial charge in [0.15, 0.2) is 0 Å². The van der Waals surface area contributed by atoms with E-state index in [2.05, 4.69) is 55.0 Å². The molecule has 2 rings (SSSR count). The number of aliphatic carboxylic acids is 1. The van der Waals surface area contributed by atoms with E-state index in [1.54, 1.807) is 0 Å². The molecule has 1 atom stereocenters. The van der Waals surface area contributed by atoms with Gasteiger partial charge in [0.1, 0.15) is 6.04 Å². The van der Waals surface area contributed by atoms with Crippen LogP contribution in [0.25, 0.3) is 0 Å². The molecule has 0 spiro atoms. The van der Waals surface area contributed by atoms with Gasteiger partial charge in [-0.05, 0) is 30.5 Å². The molecular weight excluding hydrogens is 264 g/mol. The average Bonchev–Trinajstić information content (AvgIpc) is 2.46. The number of rotatable bonds is 5. The summed E-state index contributed by atoms with van der Waals surface area (Å²) in [5, 5.41) is 9.54. The Labute approximate surface area is 127 Å². The largest absolute Gasteiger partial charge is 0.480 e. The van der Waals surface area contributed by atoms with E-state index in [9.17, 15) is 9.90 Å². The van der Waals surface area contributed by atoms with Crippen LogP contribution in [0.4, 0.5) is 0 Å². The topological polar surface area (TPSA) is 43.8 Å². The first-order chi connectivity index (χ1) is 9.97. The van der Waals surface area contributed by atoms with Crippen molar-refractivity contribution in [3.8, 4) is 0 Å². The number of hydrogen-bond acceptors (Lipinski definition) is 3. The lowest BCUT2D eigenvalue weighted by molar-refractivity contribution is -0.144. The van der Waals surface area contributed by atoms with Gasteiger partial charge < -0.3 is 10.0 Å². The molecule has 4 nitrogen and oxygen atoms in total. The Morgan fingerprint density at radius 2 is 1.71 bits per heavy atom. The van der Waals surface area contributed by atoms with Gasteiger partial charge in [0.05, 0.1) is 0 Å². The molecule has 1 heterocycles. The zero-order chi connectivity index (χ0) is 15.4. The summed E-state index contributed by atoms with van der Waals surface area (Å²) in [7, 11) is 2.08. The first-order valence-electron chi connectivity index (χ1n) is 7.71. The van der Waals surface area contributed by atoms with Crippen molar-refractivity contribution < 1.29 is 9.90 Å². The molecule has 1 aliphatic heterocycles. The third-order valence-corrected chi connectivity index (χ3v) is 4.34. The van der Waals surface area contributed by atoms with Crippen LogP contribution in [0.1, 0.15) is 30.9 Å². The van der Waals surface area contributed by atoms with Gasteiger partial charge >= 0.3 is 5.97 Å². The lowest BCUT2D eigenvalue weighted by Crippen LogP contribution is -2.52. The molecule has 21 heavy (non-hydrogen) atoms. The fourth-order valence-corrected chi connectivity index (χ4v) is 2.77. The molecule has 1 aromatic rings. The summed E-state index contributed by atoms with van der Waals surface area (Å²) in [6, 6.07) is 7.96. The molecule has 1 N–H and O–H groups in total. The van der Waals surface area contributed by atoms with Crippen molar-refractivity contribution in [3.63, 3.8) is 0 Å². The first kappa shape index (κ1) is 16.0. The molecule has 0 saturated carbocycles. The third kappa shape index (κ3) is 4.29. The Kier molecular flexibility index (Phi) is 5.37. The molecular formula is C17H26N2O2. The Morgan fingerprint density at radius 1 is 1.14 bits per heavy atom. The lowest BCUT2D eigenvalue weighted by atomic mass is 9.98. The normalized spacial score (nSPS) is 18.9. The van der Waals surface area contributed by atoms with E-state index in [-0.39, 0.29) is 0 Å². The van der Waals surface area contributed by atoms with Gasteiger partial charge in [0, 0.05) is 26.2 Å². The van der Waals surface area contributed by atoms with Crippen molar-refractivity contribution in [2.24, 2.45) is 0 Å². The highest BCUT2D eigenvalue weighted by molar-refractivity contribution is 5.74. The van der Waals surface area contributed by atoms with Crippen molar-refractivity contribution >= 4 is 5.97 Å². The van der Waals surface area contributed by atoms with E-state index in [1.165, 1.54) is 5.56 Å². The molecule has 0 aromatic heterocycles. The number of carboxylic acids is 1. The molecule has 0 bridgehead atoms. The third-order valence-electron chi connectivity index (χ3n) is 4.34. The highest BCUT2D eigenvalue weighted by Gasteiger charge is 2.28. The van der Waals surface area contributed by atoms with Crippen molar-refractivity contribution in [2.45, 2.75) is 32.2 Å². The molecule has 1 fully saturated rings. The SMILES string of the molecule is CC(C)c1ccc(C[C@@H](C(=O)O)N2CCN(C)CC2)cc1. The fraction of sp³-hybridized carbons (Fsp3) is 0.588. The molecule has 1 aliphatic rings. The molecule has 0 radical (unpaired) electrons. The van der Waals surface area contributed by atoms with E-state index in [4.69, 9.17) is 0 Å². The second kappa shape index (κ2) is 7.05. The van der Waals surface area contributed by atoms with Crippen LogP contribution >= 0.6 is 0 Å². The van der Waals surface area contributed by atoms with Crippen molar-refractivity contribution in [1.29, 1.82) is 0 Å². The lowest BCUT2D eigenvalue weighted by Gasteiger charge is -2.36. The van der Waals surface area contributed by atoms with E-state index in [0.717, 1.165) is 31.7 Å². The smallest absolute Gasteiger partial charge is 0.321 e. The predicted molar refractivity (Wildman–Crippen MR) is 84.7 cm³/mol. The van der Waals surface area contributed by atoms with Crippen LogP contribution in [0.15, 0.2) is 24.3 Å². The number of carbonyl (C=O) groups is 1. The highest BCUT2D eigenvalue weighted by Crippen LogP contribution is 2.17. The predicted octanol–water partition coefficient (Wildman–Crippen LogP) is 2.05. The van der Waals surface area contributed by atoms with Crippen molar-refractivity contribution in [2.75, 3.05) is 33.2 Å². The van der Waals surface area contributed by atoms with Crippen LogP contribution in [0.3, 0.4) is 0 Å². The summed E-state index contributed by atoms with van der Waals surface area (Å²) in [5.41, 5.74) is 2.40. The molecule has 1 saturated heterocycles. The minimum atomic E-state index is -0.715. The van der Waals surface area contributed by atoms with Gasteiger partial charge in [-0.15, -0.1) is 0 Å². The Morgan fingerprint density at radius 3 is 2.19 bits per heavy atom. The van der Waals surface area contributed by atoms with E-state index in [0.29, 0.717) is 12.3 Å². The summed E-state index contributed by atoms with van der Waals surface area (Å²) in [5.74, 6) is -0.209. The minimum Gasteiger partial charge on any atom is -0.480 e. The van der Waals surface area contributed by atoms with Gasteiger partial charge in [0.25, 0.3) is 0 Å². The van der Waals surface area contributed by atoms with Crippen molar-refractivity contribution in [3.05, 3.63) is 35.4 Å². The number of carboxylic acid groups (broad SMARTS) is 1. The second-order valence-corrected chi connectivity index (χ2v) is 6.29. The van der Waals surface area contributed by atoms with Crippen LogP contribution in [-0.2, 0) is 11.2 Å². The van der Waals surface area contributed by atoms with Gasteiger partial charge in [-0.1, -0.05) is 38.1 Å².